The summed E-state index contributed by atoms with van der Waals surface area (Å²) >= 11 is 0. The Bertz CT molecular complexity index is 281. The molecular formula is C8H11FN2O. The first-order chi connectivity index (χ1) is 5.65. The Kier molecular flexibility index (Phi) is 2.58. The molecule has 0 bridgehead atoms. The lowest BCUT2D eigenvalue weighted by Gasteiger charge is -2.04. The van der Waals surface area contributed by atoms with E-state index in [-0.39, 0.29) is 5.56 Å². The second kappa shape index (κ2) is 3.47. The lowest BCUT2D eigenvalue weighted by molar-refractivity contribution is 0.111. The summed E-state index contributed by atoms with van der Waals surface area (Å²) in [6, 6.07) is 0. The standard InChI is InChI=1S/C8H11FN2O/c1-6(2)4-11-8(9)7(5-12)3-10-11/h3,5-6H,4H2,1-2H3. The van der Waals surface area contributed by atoms with Gasteiger partial charge in [0, 0.05) is 6.54 Å². The summed E-state index contributed by atoms with van der Waals surface area (Å²) in [5.74, 6) is -0.224. The zero-order valence-electron chi connectivity index (χ0n) is 7.12. The smallest absolute Gasteiger partial charge is 0.222 e. The molecule has 1 aromatic rings. The van der Waals surface area contributed by atoms with Gasteiger partial charge in [-0.2, -0.15) is 9.49 Å². The van der Waals surface area contributed by atoms with Crippen molar-refractivity contribution in [1.29, 1.82) is 0 Å². The van der Waals surface area contributed by atoms with Crippen LogP contribution in [0.15, 0.2) is 6.20 Å². The van der Waals surface area contributed by atoms with Crippen LogP contribution in [0.25, 0.3) is 0 Å². The van der Waals surface area contributed by atoms with Crippen LogP contribution in [0.1, 0.15) is 24.2 Å². The zero-order chi connectivity index (χ0) is 9.14. The molecule has 12 heavy (non-hydrogen) atoms. The van der Waals surface area contributed by atoms with Crippen LogP contribution in [-0.4, -0.2) is 16.1 Å². The van der Waals surface area contributed by atoms with Crippen molar-refractivity contribution in [1.82, 2.24) is 9.78 Å². The van der Waals surface area contributed by atoms with Gasteiger partial charge in [0.1, 0.15) is 0 Å². The number of carbonyl (C=O) groups is 1. The second-order valence-electron chi connectivity index (χ2n) is 3.08. The van der Waals surface area contributed by atoms with E-state index in [9.17, 15) is 9.18 Å². The van der Waals surface area contributed by atoms with Gasteiger partial charge in [0.05, 0.1) is 11.8 Å². The molecule has 4 heteroatoms. The number of aromatic nitrogens is 2. The summed E-state index contributed by atoms with van der Waals surface area (Å²) in [5, 5.41) is 3.74. The topological polar surface area (TPSA) is 34.9 Å². The highest BCUT2D eigenvalue weighted by atomic mass is 19.1. The highest BCUT2D eigenvalue weighted by molar-refractivity contribution is 5.73. The predicted octanol–water partition coefficient (Wildman–Crippen LogP) is 1.49. The maximum Gasteiger partial charge on any atom is 0.222 e. The largest absolute Gasteiger partial charge is 0.298 e. The number of nitrogens with zero attached hydrogens (tertiary/aromatic N) is 2. The minimum Gasteiger partial charge on any atom is -0.298 e. The predicted molar refractivity (Wildman–Crippen MR) is 42.4 cm³/mol. The van der Waals surface area contributed by atoms with Gasteiger partial charge < -0.3 is 0 Å². The fourth-order valence-electron chi connectivity index (χ4n) is 0.937. The van der Waals surface area contributed by atoms with Crippen LogP contribution in [0, 0.1) is 11.9 Å². The molecule has 1 rings (SSSR count). The third-order valence-corrected chi connectivity index (χ3v) is 1.47. The molecule has 0 aliphatic rings. The summed E-state index contributed by atoms with van der Waals surface area (Å²) in [5.41, 5.74) is 0.0238. The summed E-state index contributed by atoms with van der Waals surface area (Å²) in [6.07, 6.45) is 1.71. The molecule has 0 aliphatic heterocycles. The molecule has 0 unspecified atom stereocenters. The average molecular weight is 170 g/mol. The first-order valence-electron chi connectivity index (χ1n) is 3.81. The van der Waals surface area contributed by atoms with Gasteiger partial charge in [-0.1, -0.05) is 13.8 Å². The first kappa shape index (κ1) is 8.90. The summed E-state index contributed by atoms with van der Waals surface area (Å²) in [7, 11) is 0. The van der Waals surface area contributed by atoms with Crippen LogP contribution in [0.2, 0.25) is 0 Å². The van der Waals surface area contributed by atoms with E-state index in [2.05, 4.69) is 5.10 Å². The molecule has 0 saturated carbocycles. The Morgan fingerprint density at radius 3 is 2.83 bits per heavy atom. The maximum absolute atomic E-state index is 13.1. The number of aldehydes is 1. The van der Waals surface area contributed by atoms with Crippen molar-refractivity contribution in [2.45, 2.75) is 20.4 Å². The Morgan fingerprint density at radius 2 is 2.42 bits per heavy atom. The second-order valence-corrected chi connectivity index (χ2v) is 3.08. The van der Waals surface area contributed by atoms with Crippen LogP contribution in [0.3, 0.4) is 0 Å². The van der Waals surface area contributed by atoms with E-state index < -0.39 is 5.95 Å². The van der Waals surface area contributed by atoms with Crippen LogP contribution < -0.4 is 0 Å². The lowest BCUT2D eigenvalue weighted by Crippen LogP contribution is -2.08. The van der Waals surface area contributed by atoms with Crippen LogP contribution in [0.4, 0.5) is 4.39 Å². The number of rotatable bonds is 3. The highest BCUT2D eigenvalue weighted by Gasteiger charge is 2.09. The van der Waals surface area contributed by atoms with Crippen molar-refractivity contribution < 1.29 is 9.18 Å². The molecule has 0 amide bonds. The monoisotopic (exact) mass is 170 g/mol. The van der Waals surface area contributed by atoms with Gasteiger partial charge in [-0.15, -0.1) is 0 Å². The quantitative estimate of drug-likeness (QED) is 0.644. The zero-order valence-corrected chi connectivity index (χ0v) is 7.12. The molecule has 0 N–H and O–H groups in total. The summed E-state index contributed by atoms with van der Waals surface area (Å²) in [4.78, 5) is 10.2. The summed E-state index contributed by atoms with van der Waals surface area (Å²) in [6.45, 7) is 4.42. The van der Waals surface area contributed by atoms with E-state index in [4.69, 9.17) is 0 Å². The molecule has 0 saturated heterocycles. The van der Waals surface area contributed by atoms with Gasteiger partial charge in [0.25, 0.3) is 0 Å². The number of hydrogen-bond donors (Lipinski definition) is 0. The van der Waals surface area contributed by atoms with Crippen molar-refractivity contribution in [3.05, 3.63) is 17.7 Å². The molecule has 1 heterocycles. The van der Waals surface area contributed by atoms with Gasteiger partial charge in [-0.05, 0) is 5.92 Å². The molecule has 0 aromatic carbocycles. The van der Waals surface area contributed by atoms with E-state index in [1.807, 2.05) is 13.8 Å². The van der Waals surface area contributed by atoms with Crippen LogP contribution in [-0.2, 0) is 6.54 Å². The van der Waals surface area contributed by atoms with Gasteiger partial charge in [0.15, 0.2) is 6.29 Å². The van der Waals surface area contributed by atoms with Crippen molar-refractivity contribution in [3.8, 4) is 0 Å². The van der Waals surface area contributed by atoms with E-state index in [0.717, 1.165) is 0 Å². The van der Waals surface area contributed by atoms with Crippen molar-refractivity contribution in [2.75, 3.05) is 0 Å². The molecule has 0 atom stereocenters. The van der Waals surface area contributed by atoms with Crippen molar-refractivity contribution in [2.24, 2.45) is 5.92 Å². The number of hydrogen-bond acceptors (Lipinski definition) is 2. The Balaban J connectivity index is 2.86. The molecule has 66 valence electrons. The van der Waals surface area contributed by atoms with E-state index >= 15 is 0 Å². The van der Waals surface area contributed by atoms with Crippen molar-refractivity contribution >= 4 is 6.29 Å². The SMILES string of the molecule is CC(C)Cn1ncc(C=O)c1F. The third kappa shape index (κ3) is 1.69. The fourth-order valence-corrected chi connectivity index (χ4v) is 0.937. The van der Waals surface area contributed by atoms with Crippen molar-refractivity contribution in [3.63, 3.8) is 0 Å². The average Bonchev–Trinajstić information content (AvgIpc) is 2.32. The van der Waals surface area contributed by atoms with E-state index in [0.29, 0.717) is 18.7 Å². The summed E-state index contributed by atoms with van der Waals surface area (Å²) < 4.78 is 14.3. The van der Waals surface area contributed by atoms with Crippen LogP contribution in [0.5, 0.6) is 0 Å². The first-order valence-corrected chi connectivity index (χ1v) is 3.81. The van der Waals surface area contributed by atoms with E-state index in [1.54, 1.807) is 0 Å². The lowest BCUT2D eigenvalue weighted by atomic mass is 10.2. The number of halogens is 1. The van der Waals surface area contributed by atoms with Gasteiger partial charge in [0.2, 0.25) is 5.95 Å². The minimum atomic E-state index is -0.543. The molecule has 0 radical (unpaired) electrons. The highest BCUT2D eigenvalue weighted by Crippen LogP contribution is 2.06. The minimum absolute atomic E-state index is 0.0238. The van der Waals surface area contributed by atoms with Gasteiger partial charge >= 0.3 is 0 Å². The molecule has 3 nitrogen and oxygen atoms in total. The number of carbonyl (C=O) groups excluding carboxylic acids is 1. The van der Waals surface area contributed by atoms with Gasteiger partial charge in [-0.3, -0.25) is 4.79 Å². The van der Waals surface area contributed by atoms with Crippen LogP contribution >= 0.6 is 0 Å². The third-order valence-electron chi connectivity index (χ3n) is 1.47. The Labute approximate surface area is 70.2 Å². The Hall–Kier alpha value is -1.19. The molecule has 1 aromatic heterocycles. The molecule has 0 fully saturated rings. The molecule has 0 spiro atoms. The Morgan fingerprint density at radius 1 is 1.75 bits per heavy atom. The normalized spacial score (nSPS) is 10.7. The van der Waals surface area contributed by atoms with Gasteiger partial charge in [-0.25, -0.2) is 4.68 Å². The maximum atomic E-state index is 13.1. The molecular weight excluding hydrogens is 159 g/mol. The molecule has 0 aliphatic carbocycles. The van der Waals surface area contributed by atoms with E-state index in [1.165, 1.54) is 10.9 Å². The fraction of sp³-hybridized carbons (Fsp3) is 0.500.